The summed E-state index contributed by atoms with van der Waals surface area (Å²) in [7, 11) is 3.50. The highest BCUT2D eigenvalue weighted by molar-refractivity contribution is 14.1. The van der Waals surface area contributed by atoms with E-state index in [1.165, 1.54) is 0 Å². The van der Waals surface area contributed by atoms with Gasteiger partial charge in [0.25, 0.3) is 0 Å². The van der Waals surface area contributed by atoms with Crippen LogP contribution in [0.5, 0.6) is 0 Å². The summed E-state index contributed by atoms with van der Waals surface area (Å²) in [5, 5.41) is 8.07. The standard InChI is InChI=1S/C8H13NO.C6H8O2.CH3I.CH4/c1-4-5-6-7-8(10)9(2)3;1-2-3-4-5-6(7)8;1-2;/h1H,5-7H2,2-3H3;1H,3-5H2,(H,7,8);1H3;1H4. The summed E-state index contributed by atoms with van der Waals surface area (Å²) in [6.07, 6.45) is 13.3. The molecule has 0 saturated carbocycles. The second-order valence-corrected chi connectivity index (χ2v) is 3.80. The first-order valence-corrected chi connectivity index (χ1v) is 8.28. The Morgan fingerprint density at radius 1 is 1.05 bits per heavy atom. The summed E-state index contributed by atoms with van der Waals surface area (Å²) in [5.74, 6) is 4.22. The molecule has 122 valence electrons. The van der Waals surface area contributed by atoms with E-state index in [1.807, 2.05) is 4.93 Å². The lowest BCUT2D eigenvalue weighted by Gasteiger charge is -2.08. The summed E-state index contributed by atoms with van der Waals surface area (Å²) in [4.78, 5) is 24.2. The molecule has 0 aliphatic rings. The van der Waals surface area contributed by atoms with Crippen molar-refractivity contribution < 1.29 is 14.7 Å². The van der Waals surface area contributed by atoms with Crippen LogP contribution in [-0.2, 0) is 9.59 Å². The zero-order chi connectivity index (χ0) is 16.4. The van der Waals surface area contributed by atoms with E-state index in [9.17, 15) is 9.59 Å². The summed E-state index contributed by atoms with van der Waals surface area (Å²) in [5.41, 5.74) is 0. The van der Waals surface area contributed by atoms with Gasteiger partial charge in [-0.2, -0.15) is 0 Å². The van der Waals surface area contributed by atoms with Gasteiger partial charge in [-0.05, 0) is 17.8 Å². The summed E-state index contributed by atoms with van der Waals surface area (Å²) in [6, 6.07) is 0. The molecule has 0 aromatic heterocycles. The van der Waals surface area contributed by atoms with Gasteiger partial charge < -0.3 is 10.0 Å². The molecule has 0 aliphatic carbocycles. The quantitative estimate of drug-likeness (QED) is 0.317. The maximum Gasteiger partial charge on any atom is 0.303 e. The Bertz CT molecular complexity index is 327. The average Bonchev–Trinajstić information content (AvgIpc) is 2.42. The monoisotopic (exact) mass is 409 g/mol. The van der Waals surface area contributed by atoms with E-state index in [2.05, 4.69) is 34.4 Å². The number of nitrogens with zero attached hydrogens (tertiary/aromatic N) is 1. The first-order valence-electron chi connectivity index (χ1n) is 6.12. The minimum absolute atomic E-state index is 0. The van der Waals surface area contributed by atoms with Gasteiger partial charge in [-0.25, -0.2) is 0 Å². The summed E-state index contributed by atoms with van der Waals surface area (Å²) < 4.78 is 0. The molecule has 1 amide bonds. The first-order chi connectivity index (χ1) is 9.45. The van der Waals surface area contributed by atoms with Crippen molar-refractivity contribution in [3.05, 3.63) is 0 Å². The van der Waals surface area contributed by atoms with Crippen LogP contribution in [-0.4, -0.2) is 40.9 Å². The molecule has 0 rings (SSSR count). The van der Waals surface area contributed by atoms with Gasteiger partial charge in [0.2, 0.25) is 5.91 Å². The van der Waals surface area contributed by atoms with Gasteiger partial charge in [-0.15, -0.1) is 24.7 Å². The maximum atomic E-state index is 10.9. The molecule has 21 heavy (non-hydrogen) atoms. The number of amides is 1. The largest absolute Gasteiger partial charge is 0.481 e. The van der Waals surface area contributed by atoms with Gasteiger partial charge in [-0.1, -0.05) is 30.0 Å². The van der Waals surface area contributed by atoms with Crippen molar-refractivity contribution in [2.24, 2.45) is 0 Å². The summed E-state index contributed by atoms with van der Waals surface area (Å²) in [6.45, 7) is 0. The van der Waals surface area contributed by atoms with Crippen molar-refractivity contribution in [3.8, 4) is 24.7 Å². The van der Waals surface area contributed by atoms with Crippen LogP contribution >= 0.6 is 22.6 Å². The van der Waals surface area contributed by atoms with Crippen LogP contribution in [0.15, 0.2) is 0 Å². The second-order valence-electron chi connectivity index (χ2n) is 3.80. The van der Waals surface area contributed by atoms with Crippen molar-refractivity contribution >= 4 is 34.5 Å². The number of halogens is 1. The van der Waals surface area contributed by atoms with Gasteiger partial charge in [-0.3, -0.25) is 9.59 Å². The highest BCUT2D eigenvalue weighted by atomic mass is 127. The Labute approximate surface area is 143 Å². The third kappa shape index (κ3) is 32.4. The Kier molecular flexibility index (Phi) is 31.8. The Hall–Kier alpha value is -1.21. The van der Waals surface area contributed by atoms with E-state index in [1.54, 1.807) is 19.0 Å². The number of hydrogen-bond donors (Lipinski definition) is 1. The van der Waals surface area contributed by atoms with Crippen molar-refractivity contribution in [1.29, 1.82) is 0 Å². The van der Waals surface area contributed by atoms with Gasteiger partial charge in [0, 0.05) is 39.8 Å². The normalized spacial score (nSPS) is 7.33. The smallest absolute Gasteiger partial charge is 0.303 e. The molecular formula is C16H28INO3. The highest BCUT2D eigenvalue weighted by Crippen LogP contribution is 1.95. The van der Waals surface area contributed by atoms with Crippen LogP contribution in [0.4, 0.5) is 0 Å². The lowest BCUT2D eigenvalue weighted by Crippen LogP contribution is -2.20. The number of carboxylic acid groups (broad SMARTS) is 1. The fourth-order valence-electron chi connectivity index (χ4n) is 0.907. The van der Waals surface area contributed by atoms with Gasteiger partial charge >= 0.3 is 5.97 Å². The minimum Gasteiger partial charge on any atom is -0.481 e. The topological polar surface area (TPSA) is 57.6 Å². The van der Waals surface area contributed by atoms with E-state index >= 15 is 0 Å². The Morgan fingerprint density at radius 2 is 1.43 bits per heavy atom. The molecule has 0 atom stereocenters. The summed E-state index contributed by atoms with van der Waals surface area (Å²) >= 11 is 2.15. The molecular weight excluding hydrogens is 381 g/mol. The van der Waals surface area contributed by atoms with Gasteiger partial charge in [0.1, 0.15) is 0 Å². The molecule has 0 bridgehead atoms. The number of aliphatic carboxylic acids is 1. The molecule has 1 N–H and O–H groups in total. The lowest BCUT2D eigenvalue weighted by molar-refractivity contribution is -0.137. The fraction of sp³-hybridized carbons (Fsp3) is 0.625. The number of unbranched alkanes of at least 4 members (excludes halogenated alkanes) is 2. The van der Waals surface area contributed by atoms with E-state index in [-0.39, 0.29) is 19.8 Å². The predicted molar refractivity (Wildman–Crippen MR) is 98.4 cm³/mol. The molecule has 0 aromatic rings. The van der Waals surface area contributed by atoms with Crippen LogP contribution in [0.2, 0.25) is 0 Å². The number of carboxylic acids is 1. The number of carbonyl (C=O) groups is 2. The lowest BCUT2D eigenvalue weighted by atomic mass is 10.2. The molecule has 4 nitrogen and oxygen atoms in total. The van der Waals surface area contributed by atoms with Crippen LogP contribution in [0.3, 0.4) is 0 Å². The van der Waals surface area contributed by atoms with Crippen LogP contribution in [0.25, 0.3) is 0 Å². The zero-order valence-corrected chi connectivity index (χ0v) is 14.6. The third-order valence-electron chi connectivity index (χ3n) is 1.92. The molecule has 0 heterocycles. The molecule has 0 unspecified atom stereocenters. The van der Waals surface area contributed by atoms with E-state index in [0.29, 0.717) is 25.7 Å². The minimum atomic E-state index is -0.778. The second kappa shape index (κ2) is 23.9. The number of carbonyl (C=O) groups excluding carboxylic acids is 1. The van der Waals surface area contributed by atoms with Crippen molar-refractivity contribution in [2.45, 2.75) is 46.0 Å². The molecule has 0 fully saturated rings. The van der Waals surface area contributed by atoms with Crippen molar-refractivity contribution in [1.82, 2.24) is 4.90 Å². The molecule has 5 heteroatoms. The zero-order valence-electron chi connectivity index (χ0n) is 12.5. The number of alkyl halides is 1. The SMILES string of the molecule is C.C#CCCCC(=O)N(C)C.C#CCCCC(=O)O.CI. The molecule has 0 spiro atoms. The van der Waals surface area contributed by atoms with Gasteiger partial charge in [0.15, 0.2) is 0 Å². The maximum absolute atomic E-state index is 10.9. The predicted octanol–water partition coefficient (Wildman–Crippen LogP) is 3.44. The average molecular weight is 409 g/mol. The van der Waals surface area contributed by atoms with Gasteiger partial charge in [0.05, 0.1) is 0 Å². The van der Waals surface area contributed by atoms with E-state index < -0.39 is 5.97 Å². The van der Waals surface area contributed by atoms with Crippen molar-refractivity contribution in [2.75, 3.05) is 19.0 Å². The van der Waals surface area contributed by atoms with E-state index in [0.717, 1.165) is 6.42 Å². The first kappa shape index (κ1) is 28.0. The molecule has 0 saturated heterocycles. The third-order valence-corrected chi connectivity index (χ3v) is 1.92. The molecule has 0 radical (unpaired) electrons. The van der Waals surface area contributed by atoms with Crippen molar-refractivity contribution in [3.63, 3.8) is 0 Å². The van der Waals surface area contributed by atoms with Crippen LogP contribution < -0.4 is 0 Å². The number of rotatable bonds is 6. The van der Waals surface area contributed by atoms with Crippen LogP contribution in [0.1, 0.15) is 46.0 Å². The van der Waals surface area contributed by atoms with Crippen LogP contribution in [0, 0.1) is 24.7 Å². The van der Waals surface area contributed by atoms with E-state index in [4.69, 9.17) is 18.0 Å². The Balaban J connectivity index is -0.000000120. The molecule has 0 aromatic carbocycles. The number of terminal acetylenes is 2. The number of hydrogen-bond acceptors (Lipinski definition) is 2. The highest BCUT2D eigenvalue weighted by Gasteiger charge is 2.00. The molecule has 0 aliphatic heterocycles. The fourth-order valence-corrected chi connectivity index (χ4v) is 0.907. The Morgan fingerprint density at radius 3 is 1.71 bits per heavy atom.